The molecule has 4 aromatic rings. The van der Waals surface area contributed by atoms with Crippen molar-refractivity contribution in [2.24, 2.45) is 0 Å². The van der Waals surface area contributed by atoms with E-state index in [1.54, 1.807) is 48.7 Å². The fourth-order valence-corrected chi connectivity index (χ4v) is 3.23. The SMILES string of the molecule is CCOc1cccc(-c2ccc(Nc3ccc(C)cc3C(=O)O)cn2)c1.O=C(O)c1ccccc1. The van der Waals surface area contributed by atoms with E-state index < -0.39 is 11.9 Å². The summed E-state index contributed by atoms with van der Waals surface area (Å²) in [6, 6.07) is 25.1. The smallest absolute Gasteiger partial charge is 0.337 e. The van der Waals surface area contributed by atoms with Crippen molar-refractivity contribution in [2.75, 3.05) is 11.9 Å². The summed E-state index contributed by atoms with van der Waals surface area (Å²) >= 11 is 0. The molecule has 0 saturated heterocycles. The quantitative estimate of drug-likeness (QED) is 0.291. The maximum atomic E-state index is 11.4. The van der Waals surface area contributed by atoms with Gasteiger partial charge in [0.2, 0.25) is 0 Å². The number of rotatable bonds is 7. The van der Waals surface area contributed by atoms with Gasteiger partial charge in [-0.05, 0) is 62.4 Å². The highest BCUT2D eigenvalue weighted by Crippen LogP contribution is 2.26. The first-order valence-corrected chi connectivity index (χ1v) is 11.0. The number of carbonyl (C=O) groups is 2. The molecule has 178 valence electrons. The second-order valence-corrected chi connectivity index (χ2v) is 7.54. The number of ether oxygens (including phenoxy) is 1. The fraction of sp³-hybridized carbons (Fsp3) is 0.107. The van der Waals surface area contributed by atoms with Crippen molar-refractivity contribution in [1.82, 2.24) is 4.98 Å². The van der Waals surface area contributed by atoms with E-state index in [0.717, 1.165) is 28.3 Å². The Morgan fingerprint density at radius 1 is 0.886 bits per heavy atom. The first-order valence-electron chi connectivity index (χ1n) is 11.0. The lowest BCUT2D eigenvalue weighted by Gasteiger charge is -2.11. The van der Waals surface area contributed by atoms with Crippen LogP contribution in [0.4, 0.5) is 11.4 Å². The van der Waals surface area contributed by atoms with Crippen LogP contribution in [0.15, 0.2) is 91.1 Å². The Balaban J connectivity index is 0.000000320. The Bertz CT molecular complexity index is 1290. The van der Waals surface area contributed by atoms with E-state index in [9.17, 15) is 14.7 Å². The highest BCUT2D eigenvalue weighted by atomic mass is 16.5. The molecule has 3 N–H and O–H groups in total. The molecule has 0 aliphatic carbocycles. The van der Waals surface area contributed by atoms with Crippen LogP contribution in [-0.4, -0.2) is 33.7 Å². The van der Waals surface area contributed by atoms with Crippen LogP contribution in [0.25, 0.3) is 11.3 Å². The van der Waals surface area contributed by atoms with Crippen molar-refractivity contribution in [2.45, 2.75) is 13.8 Å². The van der Waals surface area contributed by atoms with Crippen LogP contribution < -0.4 is 10.1 Å². The maximum absolute atomic E-state index is 11.4. The van der Waals surface area contributed by atoms with Crippen LogP contribution >= 0.6 is 0 Å². The molecular formula is C28H26N2O5. The number of hydrogen-bond donors (Lipinski definition) is 3. The van der Waals surface area contributed by atoms with Crippen LogP contribution in [0.5, 0.6) is 5.75 Å². The molecule has 1 heterocycles. The molecule has 7 nitrogen and oxygen atoms in total. The zero-order chi connectivity index (χ0) is 25.2. The van der Waals surface area contributed by atoms with Crippen molar-refractivity contribution < 1.29 is 24.5 Å². The first kappa shape index (κ1) is 25.0. The number of nitrogens with zero attached hydrogens (tertiary/aromatic N) is 1. The minimum absolute atomic E-state index is 0.235. The first-order chi connectivity index (χ1) is 16.9. The van der Waals surface area contributed by atoms with Gasteiger partial charge in [0.15, 0.2) is 0 Å². The second-order valence-electron chi connectivity index (χ2n) is 7.54. The summed E-state index contributed by atoms with van der Waals surface area (Å²) in [4.78, 5) is 26.1. The number of benzene rings is 3. The van der Waals surface area contributed by atoms with Gasteiger partial charge < -0.3 is 20.3 Å². The Morgan fingerprint density at radius 2 is 1.66 bits per heavy atom. The van der Waals surface area contributed by atoms with E-state index in [1.165, 1.54) is 0 Å². The molecule has 0 radical (unpaired) electrons. The molecule has 0 bridgehead atoms. The van der Waals surface area contributed by atoms with Crippen LogP contribution in [0.2, 0.25) is 0 Å². The molecule has 35 heavy (non-hydrogen) atoms. The number of pyridine rings is 1. The molecule has 4 rings (SSSR count). The largest absolute Gasteiger partial charge is 0.494 e. The van der Waals surface area contributed by atoms with Gasteiger partial charge in [0, 0.05) is 5.56 Å². The molecule has 0 fully saturated rings. The highest BCUT2D eigenvalue weighted by Gasteiger charge is 2.11. The lowest BCUT2D eigenvalue weighted by molar-refractivity contribution is 0.0686. The zero-order valence-corrected chi connectivity index (χ0v) is 19.4. The number of carboxylic acid groups (broad SMARTS) is 2. The standard InChI is InChI=1S/C21H20N2O3.C7H6O2/c1-3-26-17-6-4-5-15(12-17)19-10-8-16(13-22-19)23-20-9-7-14(2)11-18(20)21(24)25;8-7(9)6-4-2-1-3-5-6/h4-13,23H,3H2,1-2H3,(H,24,25);1-5H,(H,8,9). The number of hydrogen-bond acceptors (Lipinski definition) is 5. The molecule has 7 heteroatoms. The number of nitrogens with one attached hydrogen (secondary N) is 1. The summed E-state index contributed by atoms with van der Waals surface area (Å²) in [5, 5.41) is 20.9. The molecule has 0 unspecified atom stereocenters. The second kappa shape index (κ2) is 12.0. The fourth-order valence-electron chi connectivity index (χ4n) is 3.23. The molecule has 1 aromatic heterocycles. The van der Waals surface area contributed by atoms with E-state index >= 15 is 0 Å². The zero-order valence-electron chi connectivity index (χ0n) is 19.4. The summed E-state index contributed by atoms with van der Waals surface area (Å²) in [6.07, 6.45) is 1.69. The van der Waals surface area contributed by atoms with Gasteiger partial charge in [-0.1, -0.05) is 42.0 Å². The molecule has 0 spiro atoms. The third kappa shape index (κ3) is 7.17. The van der Waals surface area contributed by atoms with Gasteiger partial charge in [0.1, 0.15) is 5.75 Å². The summed E-state index contributed by atoms with van der Waals surface area (Å²) < 4.78 is 5.52. The average molecular weight is 471 g/mol. The number of aryl methyl sites for hydroxylation is 1. The van der Waals surface area contributed by atoms with Crippen LogP contribution in [0.3, 0.4) is 0 Å². The van der Waals surface area contributed by atoms with Crippen LogP contribution in [0, 0.1) is 6.92 Å². The lowest BCUT2D eigenvalue weighted by atomic mass is 10.1. The van der Waals surface area contributed by atoms with E-state index in [4.69, 9.17) is 9.84 Å². The highest BCUT2D eigenvalue weighted by molar-refractivity contribution is 5.95. The molecule has 0 aliphatic rings. The normalized spacial score (nSPS) is 10.0. The van der Waals surface area contributed by atoms with Gasteiger partial charge in [0.25, 0.3) is 0 Å². The molecule has 0 atom stereocenters. The summed E-state index contributed by atoms with van der Waals surface area (Å²) in [6.45, 7) is 4.42. The Morgan fingerprint density at radius 3 is 2.26 bits per heavy atom. The molecule has 0 amide bonds. The minimum Gasteiger partial charge on any atom is -0.494 e. The molecule has 3 aromatic carbocycles. The third-order valence-corrected chi connectivity index (χ3v) is 4.91. The van der Waals surface area contributed by atoms with Crippen molar-refractivity contribution in [3.05, 3.63) is 108 Å². The van der Waals surface area contributed by atoms with Crippen molar-refractivity contribution in [3.63, 3.8) is 0 Å². The number of carboxylic acids is 2. The van der Waals surface area contributed by atoms with Gasteiger partial charge in [-0.2, -0.15) is 0 Å². The number of aromatic nitrogens is 1. The van der Waals surface area contributed by atoms with E-state index in [2.05, 4.69) is 10.3 Å². The van der Waals surface area contributed by atoms with Gasteiger partial charge in [-0.25, -0.2) is 9.59 Å². The van der Waals surface area contributed by atoms with Gasteiger partial charge in [-0.3, -0.25) is 4.98 Å². The monoisotopic (exact) mass is 470 g/mol. The summed E-state index contributed by atoms with van der Waals surface area (Å²) in [5.74, 6) is -1.04. The van der Waals surface area contributed by atoms with Gasteiger partial charge >= 0.3 is 11.9 Å². The Labute approximate surface area is 203 Å². The van der Waals surface area contributed by atoms with E-state index in [0.29, 0.717) is 17.9 Å². The summed E-state index contributed by atoms with van der Waals surface area (Å²) in [7, 11) is 0. The minimum atomic E-state index is -0.964. The van der Waals surface area contributed by atoms with Crippen LogP contribution in [-0.2, 0) is 0 Å². The Hall–Kier alpha value is -4.65. The number of anilines is 2. The number of aromatic carboxylic acids is 2. The summed E-state index contributed by atoms with van der Waals surface area (Å²) in [5.41, 5.74) is 4.51. The lowest BCUT2D eigenvalue weighted by Crippen LogP contribution is -2.03. The van der Waals surface area contributed by atoms with Crippen LogP contribution in [0.1, 0.15) is 33.2 Å². The van der Waals surface area contributed by atoms with Crippen molar-refractivity contribution in [1.29, 1.82) is 0 Å². The average Bonchev–Trinajstić information content (AvgIpc) is 2.87. The predicted octanol–water partition coefficient (Wildman–Crippen LogP) is 6.28. The van der Waals surface area contributed by atoms with Crippen molar-refractivity contribution >= 4 is 23.3 Å². The van der Waals surface area contributed by atoms with E-state index in [1.807, 2.05) is 56.3 Å². The third-order valence-electron chi connectivity index (χ3n) is 4.91. The molecule has 0 saturated carbocycles. The topological polar surface area (TPSA) is 109 Å². The van der Waals surface area contributed by atoms with Gasteiger partial charge in [0.05, 0.1) is 41.0 Å². The molecule has 0 aliphatic heterocycles. The van der Waals surface area contributed by atoms with E-state index in [-0.39, 0.29) is 5.56 Å². The predicted molar refractivity (Wildman–Crippen MR) is 136 cm³/mol. The molecular weight excluding hydrogens is 444 g/mol. The van der Waals surface area contributed by atoms with Gasteiger partial charge in [-0.15, -0.1) is 0 Å². The maximum Gasteiger partial charge on any atom is 0.337 e. The van der Waals surface area contributed by atoms with Crippen molar-refractivity contribution in [3.8, 4) is 17.0 Å². The Kier molecular flexibility index (Phi) is 8.56.